The maximum atomic E-state index is 6.30. The maximum Gasteiger partial charge on any atom is 0.0205 e. The van der Waals surface area contributed by atoms with Crippen molar-refractivity contribution in [1.29, 1.82) is 0 Å². The van der Waals surface area contributed by atoms with Gasteiger partial charge >= 0.3 is 0 Å². The van der Waals surface area contributed by atoms with Gasteiger partial charge in [0.1, 0.15) is 0 Å². The second kappa shape index (κ2) is 5.46. The third kappa shape index (κ3) is 3.32. The lowest BCUT2D eigenvalue weighted by molar-refractivity contribution is 0.393. The molecule has 1 aliphatic carbocycles. The fourth-order valence-corrected chi connectivity index (χ4v) is 2.50. The van der Waals surface area contributed by atoms with Crippen LogP contribution in [0.3, 0.4) is 0 Å². The zero-order valence-electron chi connectivity index (χ0n) is 9.91. The molecular formula is C14H22N2. The summed E-state index contributed by atoms with van der Waals surface area (Å²) in [6.07, 6.45) is 6.16. The molecule has 0 atom stereocenters. The fourth-order valence-electron chi connectivity index (χ4n) is 2.50. The Morgan fingerprint density at radius 1 is 1.12 bits per heavy atom. The van der Waals surface area contributed by atoms with Gasteiger partial charge in [-0.15, -0.1) is 0 Å². The van der Waals surface area contributed by atoms with Crippen LogP contribution in [-0.4, -0.2) is 12.1 Å². The topological polar surface area (TPSA) is 38.0 Å². The highest BCUT2D eigenvalue weighted by atomic mass is 14.9. The summed E-state index contributed by atoms with van der Waals surface area (Å²) in [6, 6.07) is 10.5. The average molecular weight is 218 g/mol. The molecule has 1 aliphatic rings. The summed E-state index contributed by atoms with van der Waals surface area (Å²) >= 11 is 0. The van der Waals surface area contributed by atoms with E-state index in [0.717, 1.165) is 19.5 Å². The molecule has 1 aromatic carbocycles. The zero-order chi connectivity index (χ0) is 11.3. The van der Waals surface area contributed by atoms with Crippen LogP contribution in [0.15, 0.2) is 30.3 Å². The van der Waals surface area contributed by atoms with E-state index < -0.39 is 0 Å². The second-order valence-corrected chi connectivity index (χ2v) is 4.98. The molecule has 3 N–H and O–H groups in total. The van der Waals surface area contributed by atoms with Crippen LogP contribution in [-0.2, 0) is 6.54 Å². The molecule has 0 amide bonds. The molecule has 0 aromatic heterocycles. The van der Waals surface area contributed by atoms with E-state index in [2.05, 4.69) is 35.6 Å². The number of benzene rings is 1. The summed E-state index contributed by atoms with van der Waals surface area (Å²) in [5.74, 6) is 0. The Morgan fingerprint density at radius 3 is 2.50 bits per heavy atom. The van der Waals surface area contributed by atoms with Crippen molar-refractivity contribution in [2.75, 3.05) is 6.54 Å². The molecule has 88 valence electrons. The van der Waals surface area contributed by atoms with E-state index in [9.17, 15) is 0 Å². The van der Waals surface area contributed by atoms with Crippen LogP contribution in [0.25, 0.3) is 0 Å². The number of rotatable bonds is 5. The SMILES string of the molecule is NC1(CCNCc2ccccc2)CCCC1. The summed E-state index contributed by atoms with van der Waals surface area (Å²) in [4.78, 5) is 0. The quantitative estimate of drug-likeness (QED) is 0.745. The Morgan fingerprint density at radius 2 is 1.81 bits per heavy atom. The fraction of sp³-hybridized carbons (Fsp3) is 0.571. The Bertz CT molecular complexity index is 302. The summed E-state index contributed by atoms with van der Waals surface area (Å²) in [5, 5.41) is 3.47. The minimum Gasteiger partial charge on any atom is -0.325 e. The van der Waals surface area contributed by atoms with Gasteiger partial charge in [0.25, 0.3) is 0 Å². The summed E-state index contributed by atoms with van der Waals surface area (Å²) < 4.78 is 0. The predicted molar refractivity (Wildman–Crippen MR) is 68.2 cm³/mol. The van der Waals surface area contributed by atoms with Gasteiger partial charge in [-0.1, -0.05) is 43.2 Å². The Hall–Kier alpha value is -0.860. The Labute approximate surface area is 98.2 Å². The number of nitrogens with two attached hydrogens (primary N) is 1. The molecule has 0 radical (unpaired) electrons. The van der Waals surface area contributed by atoms with Crippen molar-refractivity contribution in [1.82, 2.24) is 5.32 Å². The summed E-state index contributed by atoms with van der Waals surface area (Å²) in [6.45, 7) is 1.99. The lowest BCUT2D eigenvalue weighted by Crippen LogP contribution is -2.39. The number of hydrogen-bond acceptors (Lipinski definition) is 2. The van der Waals surface area contributed by atoms with Crippen LogP contribution >= 0.6 is 0 Å². The highest BCUT2D eigenvalue weighted by Gasteiger charge is 2.28. The zero-order valence-corrected chi connectivity index (χ0v) is 9.91. The lowest BCUT2D eigenvalue weighted by Gasteiger charge is -2.23. The Kier molecular flexibility index (Phi) is 3.97. The van der Waals surface area contributed by atoms with Crippen LogP contribution < -0.4 is 11.1 Å². The molecule has 2 heteroatoms. The molecule has 16 heavy (non-hydrogen) atoms. The molecule has 0 unspecified atom stereocenters. The first-order chi connectivity index (χ1) is 7.79. The van der Waals surface area contributed by atoms with Crippen LogP contribution in [0.2, 0.25) is 0 Å². The molecule has 0 spiro atoms. The van der Waals surface area contributed by atoms with Crippen molar-refractivity contribution in [2.24, 2.45) is 5.73 Å². The van der Waals surface area contributed by atoms with Crippen molar-refractivity contribution in [3.63, 3.8) is 0 Å². The number of hydrogen-bond donors (Lipinski definition) is 2. The molecule has 0 bridgehead atoms. The Balaban J connectivity index is 1.65. The lowest BCUT2D eigenvalue weighted by atomic mass is 9.95. The van der Waals surface area contributed by atoms with E-state index in [4.69, 9.17) is 5.73 Å². The monoisotopic (exact) mass is 218 g/mol. The molecule has 1 aromatic rings. The van der Waals surface area contributed by atoms with Gasteiger partial charge in [0.15, 0.2) is 0 Å². The largest absolute Gasteiger partial charge is 0.325 e. The summed E-state index contributed by atoms with van der Waals surface area (Å²) in [5.41, 5.74) is 7.77. The normalized spacial score (nSPS) is 18.8. The molecule has 0 aliphatic heterocycles. The minimum absolute atomic E-state index is 0.129. The van der Waals surface area contributed by atoms with Gasteiger partial charge in [0, 0.05) is 12.1 Å². The van der Waals surface area contributed by atoms with E-state index in [1.807, 2.05) is 0 Å². The van der Waals surface area contributed by atoms with Crippen molar-refractivity contribution in [2.45, 2.75) is 44.2 Å². The first kappa shape index (κ1) is 11.6. The second-order valence-electron chi connectivity index (χ2n) is 4.98. The van der Waals surface area contributed by atoms with E-state index in [1.54, 1.807) is 0 Å². The van der Waals surface area contributed by atoms with E-state index in [1.165, 1.54) is 31.2 Å². The van der Waals surface area contributed by atoms with Gasteiger partial charge < -0.3 is 11.1 Å². The molecule has 0 heterocycles. The highest BCUT2D eigenvalue weighted by molar-refractivity contribution is 5.14. The van der Waals surface area contributed by atoms with Gasteiger partial charge in [0.05, 0.1) is 0 Å². The summed E-state index contributed by atoms with van der Waals surface area (Å²) in [7, 11) is 0. The third-order valence-corrected chi connectivity index (χ3v) is 3.57. The van der Waals surface area contributed by atoms with Crippen LogP contribution in [0.4, 0.5) is 0 Å². The van der Waals surface area contributed by atoms with Gasteiger partial charge in [0.2, 0.25) is 0 Å². The molecule has 0 saturated heterocycles. The molecule has 1 saturated carbocycles. The van der Waals surface area contributed by atoms with Gasteiger partial charge in [-0.05, 0) is 31.4 Å². The van der Waals surface area contributed by atoms with Crippen LogP contribution in [0.5, 0.6) is 0 Å². The van der Waals surface area contributed by atoms with E-state index >= 15 is 0 Å². The first-order valence-corrected chi connectivity index (χ1v) is 6.32. The highest BCUT2D eigenvalue weighted by Crippen LogP contribution is 2.29. The standard InChI is InChI=1S/C14H22N2/c15-14(8-4-5-9-14)10-11-16-12-13-6-2-1-3-7-13/h1-3,6-7,16H,4-5,8-12,15H2. The molecule has 2 rings (SSSR count). The van der Waals surface area contributed by atoms with E-state index in [-0.39, 0.29) is 5.54 Å². The van der Waals surface area contributed by atoms with Crippen molar-refractivity contribution >= 4 is 0 Å². The van der Waals surface area contributed by atoms with Crippen molar-refractivity contribution < 1.29 is 0 Å². The van der Waals surface area contributed by atoms with Crippen molar-refractivity contribution in [3.05, 3.63) is 35.9 Å². The molecule has 2 nitrogen and oxygen atoms in total. The molecule has 1 fully saturated rings. The van der Waals surface area contributed by atoms with Crippen molar-refractivity contribution in [3.8, 4) is 0 Å². The van der Waals surface area contributed by atoms with Gasteiger partial charge in [-0.3, -0.25) is 0 Å². The first-order valence-electron chi connectivity index (χ1n) is 6.32. The minimum atomic E-state index is 0.129. The van der Waals surface area contributed by atoms with Crippen LogP contribution in [0.1, 0.15) is 37.7 Å². The average Bonchev–Trinajstić information content (AvgIpc) is 2.74. The maximum absolute atomic E-state index is 6.30. The van der Waals surface area contributed by atoms with E-state index in [0.29, 0.717) is 0 Å². The smallest absolute Gasteiger partial charge is 0.0205 e. The van der Waals surface area contributed by atoms with Crippen LogP contribution in [0, 0.1) is 0 Å². The predicted octanol–water partition coefficient (Wildman–Crippen LogP) is 2.44. The molecular weight excluding hydrogens is 196 g/mol. The van der Waals surface area contributed by atoms with Gasteiger partial charge in [-0.25, -0.2) is 0 Å². The van der Waals surface area contributed by atoms with Gasteiger partial charge in [-0.2, -0.15) is 0 Å². The third-order valence-electron chi connectivity index (χ3n) is 3.57. The number of nitrogens with one attached hydrogen (secondary N) is 1.